The SMILES string of the molecule is C[C@H]1CN(c2c(C(=O)I)cnc3c2CC[C@H]3O)C[C@@H](NC(=O)OC(C)(C)C)[C@@H]1O[Si](C)(C)C(C)(C)C. The van der Waals surface area contributed by atoms with E-state index < -0.39 is 26.1 Å². The summed E-state index contributed by atoms with van der Waals surface area (Å²) >= 11 is 1.80. The first-order valence-corrected chi connectivity index (χ1v) is 16.7. The second kappa shape index (κ2) is 10.5. The molecule has 10 heteroatoms. The summed E-state index contributed by atoms with van der Waals surface area (Å²) in [5, 5.41) is 13.6. The fourth-order valence-corrected chi connectivity index (χ4v) is 6.59. The minimum atomic E-state index is -2.14. The molecule has 1 amide bonds. The van der Waals surface area contributed by atoms with E-state index in [0.29, 0.717) is 37.2 Å². The van der Waals surface area contributed by atoms with Crippen LogP contribution in [0.25, 0.3) is 0 Å². The molecule has 3 rings (SSSR count). The smallest absolute Gasteiger partial charge is 0.408 e. The first-order valence-electron chi connectivity index (χ1n) is 12.7. The van der Waals surface area contributed by atoms with Crippen LogP contribution < -0.4 is 10.2 Å². The molecule has 0 spiro atoms. The van der Waals surface area contributed by atoms with Crippen molar-refractivity contribution in [2.45, 2.75) is 103 Å². The monoisotopic (exact) mass is 631 g/mol. The number of aliphatic hydroxyl groups excluding tert-OH is 1. The average Bonchev–Trinajstić information content (AvgIpc) is 3.08. The fraction of sp³-hybridized carbons (Fsp3) is 0.731. The van der Waals surface area contributed by atoms with Gasteiger partial charge in [0.25, 0.3) is 0 Å². The highest BCUT2D eigenvalue weighted by Gasteiger charge is 2.46. The predicted octanol–water partition coefficient (Wildman–Crippen LogP) is 5.38. The molecule has 1 aliphatic heterocycles. The molecule has 8 nitrogen and oxygen atoms in total. The highest BCUT2D eigenvalue weighted by atomic mass is 127. The van der Waals surface area contributed by atoms with Crippen LogP contribution in [0.2, 0.25) is 18.1 Å². The van der Waals surface area contributed by atoms with Crippen molar-refractivity contribution in [1.29, 1.82) is 0 Å². The lowest BCUT2D eigenvalue weighted by molar-refractivity contribution is 0.0336. The van der Waals surface area contributed by atoms with Crippen LogP contribution in [0.3, 0.4) is 0 Å². The highest BCUT2D eigenvalue weighted by Crippen LogP contribution is 2.42. The summed E-state index contributed by atoms with van der Waals surface area (Å²) in [5.41, 5.74) is 2.32. The second-order valence-electron chi connectivity index (χ2n) is 12.7. The summed E-state index contributed by atoms with van der Waals surface area (Å²) in [5.74, 6) is 0.0696. The van der Waals surface area contributed by atoms with Gasteiger partial charge in [-0.2, -0.15) is 0 Å². The van der Waals surface area contributed by atoms with Crippen LogP contribution in [0, 0.1) is 5.92 Å². The Morgan fingerprint density at radius 1 is 1.19 bits per heavy atom. The minimum absolute atomic E-state index is 0.0170. The molecule has 36 heavy (non-hydrogen) atoms. The normalized spacial score (nSPS) is 24.9. The maximum absolute atomic E-state index is 12.9. The number of piperidine rings is 1. The van der Waals surface area contributed by atoms with Crippen molar-refractivity contribution in [1.82, 2.24) is 10.3 Å². The number of fused-ring (bicyclic) bond motifs is 1. The summed E-state index contributed by atoms with van der Waals surface area (Å²) in [6, 6.07) is -0.343. The van der Waals surface area contributed by atoms with Crippen LogP contribution in [0.1, 0.15) is 82.6 Å². The number of nitrogens with one attached hydrogen (secondary N) is 1. The number of aromatic nitrogens is 1. The lowest BCUT2D eigenvalue weighted by Gasteiger charge is -2.49. The van der Waals surface area contributed by atoms with E-state index in [4.69, 9.17) is 9.16 Å². The van der Waals surface area contributed by atoms with Gasteiger partial charge in [-0.05, 0) is 51.7 Å². The van der Waals surface area contributed by atoms with E-state index in [1.165, 1.54) is 0 Å². The number of hydrogen-bond donors (Lipinski definition) is 2. The molecule has 1 aromatic heterocycles. The standard InChI is InChI=1S/C26H42IN3O5Si/c1-15-13-30(21-16-10-11-19(31)20(16)28-12-17(21)23(27)32)14-18(29-24(33)34-25(2,3)4)22(15)35-36(8,9)26(5,6)7/h12,15,18-19,22,31H,10-11,13-14H2,1-9H3,(H,29,33)/t15-,18+,19+,22+/m0/s1. The van der Waals surface area contributed by atoms with Crippen LogP contribution in [-0.4, -0.2) is 59.1 Å². The molecule has 1 saturated heterocycles. The number of carbonyl (C=O) groups excluding carboxylic acids is 2. The number of hydrogen-bond acceptors (Lipinski definition) is 7. The number of amides is 1. The van der Waals surface area contributed by atoms with Crippen LogP contribution in [0.5, 0.6) is 0 Å². The number of nitrogens with zero attached hydrogens (tertiary/aromatic N) is 2. The van der Waals surface area contributed by atoms with Crippen molar-refractivity contribution in [2.75, 3.05) is 18.0 Å². The van der Waals surface area contributed by atoms with Crippen molar-refractivity contribution in [3.05, 3.63) is 23.0 Å². The van der Waals surface area contributed by atoms with Gasteiger partial charge in [-0.15, -0.1) is 0 Å². The number of alkyl carbamates (subject to hydrolysis) is 1. The second-order valence-corrected chi connectivity index (χ2v) is 18.4. The van der Waals surface area contributed by atoms with Gasteiger partial charge in [0.05, 0.1) is 35.2 Å². The third-order valence-electron chi connectivity index (χ3n) is 7.52. The first kappa shape index (κ1) is 29.3. The van der Waals surface area contributed by atoms with Crippen LogP contribution in [0.15, 0.2) is 6.20 Å². The molecule has 1 aromatic rings. The molecular formula is C26H42IN3O5Si. The molecule has 0 unspecified atom stereocenters. The molecule has 202 valence electrons. The van der Waals surface area contributed by atoms with Crippen molar-refractivity contribution in [3.63, 3.8) is 0 Å². The third kappa shape index (κ3) is 6.42. The molecular weight excluding hydrogens is 589 g/mol. The third-order valence-corrected chi connectivity index (χ3v) is 12.6. The van der Waals surface area contributed by atoms with E-state index in [1.807, 2.05) is 20.8 Å². The van der Waals surface area contributed by atoms with Gasteiger partial charge in [0.2, 0.25) is 3.79 Å². The van der Waals surface area contributed by atoms with E-state index in [2.05, 4.69) is 56.0 Å². The van der Waals surface area contributed by atoms with E-state index in [1.54, 1.807) is 28.8 Å². The summed E-state index contributed by atoms with van der Waals surface area (Å²) in [6.45, 7) is 19.9. The molecule has 0 bridgehead atoms. The Hall–Kier alpha value is -1.24. The molecule has 0 radical (unpaired) electrons. The van der Waals surface area contributed by atoms with Gasteiger partial charge in [-0.25, -0.2) is 4.79 Å². The number of ether oxygens (including phenoxy) is 1. The Bertz CT molecular complexity index is 1000. The fourth-order valence-electron chi connectivity index (χ4n) is 4.76. The average molecular weight is 632 g/mol. The summed E-state index contributed by atoms with van der Waals surface area (Å²) in [7, 11) is -2.14. The van der Waals surface area contributed by atoms with Crippen molar-refractivity contribution in [3.8, 4) is 0 Å². The topological polar surface area (TPSA) is 101 Å². The van der Waals surface area contributed by atoms with Gasteiger partial charge in [0, 0.05) is 53.4 Å². The van der Waals surface area contributed by atoms with Crippen molar-refractivity contribution < 1.29 is 23.9 Å². The first-order chi connectivity index (χ1) is 16.4. The molecule has 1 aliphatic carbocycles. The molecule has 0 aromatic carbocycles. The minimum Gasteiger partial charge on any atom is -0.444 e. The van der Waals surface area contributed by atoms with Gasteiger partial charge in [0.15, 0.2) is 8.32 Å². The molecule has 4 atom stereocenters. The van der Waals surface area contributed by atoms with E-state index in [9.17, 15) is 14.7 Å². The zero-order chi connectivity index (χ0) is 27.2. The predicted molar refractivity (Wildman–Crippen MR) is 152 cm³/mol. The zero-order valence-corrected chi connectivity index (χ0v) is 26.2. The van der Waals surface area contributed by atoms with Gasteiger partial charge >= 0.3 is 6.09 Å². The van der Waals surface area contributed by atoms with Crippen LogP contribution >= 0.6 is 22.6 Å². The quantitative estimate of drug-likeness (QED) is 0.256. The summed E-state index contributed by atoms with van der Waals surface area (Å²) in [4.78, 5) is 32.1. The maximum Gasteiger partial charge on any atom is 0.408 e. The lowest BCUT2D eigenvalue weighted by atomic mass is 9.91. The summed E-state index contributed by atoms with van der Waals surface area (Å²) in [6.07, 6.45) is 1.53. The number of anilines is 1. The maximum atomic E-state index is 12.9. The molecule has 2 aliphatic rings. The number of aliphatic hydroxyl groups is 1. The zero-order valence-electron chi connectivity index (χ0n) is 23.1. The Balaban J connectivity index is 2.00. The van der Waals surface area contributed by atoms with Crippen LogP contribution in [0.4, 0.5) is 10.5 Å². The molecule has 1 fully saturated rings. The summed E-state index contributed by atoms with van der Waals surface area (Å²) < 4.78 is 12.4. The number of pyridine rings is 1. The van der Waals surface area contributed by atoms with E-state index in [-0.39, 0.29) is 26.9 Å². The Kier molecular flexibility index (Phi) is 8.54. The van der Waals surface area contributed by atoms with Crippen LogP contribution in [-0.2, 0) is 15.6 Å². The number of rotatable bonds is 5. The van der Waals surface area contributed by atoms with Gasteiger partial charge in [-0.1, -0.05) is 27.7 Å². The largest absolute Gasteiger partial charge is 0.444 e. The van der Waals surface area contributed by atoms with Gasteiger partial charge < -0.3 is 24.5 Å². The molecule has 2 N–H and O–H groups in total. The van der Waals surface area contributed by atoms with Crippen molar-refractivity contribution >= 4 is 46.5 Å². The Morgan fingerprint density at radius 2 is 1.83 bits per heavy atom. The van der Waals surface area contributed by atoms with E-state index >= 15 is 0 Å². The Morgan fingerprint density at radius 3 is 2.39 bits per heavy atom. The molecule has 2 heterocycles. The van der Waals surface area contributed by atoms with Crippen molar-refractivity contribution in [2.24, 2.45) is 5.92 Å². The van der Waals surface area contributed by atoms with Gasteiger partial charge in [0.1, 0.15) is 5.60 Å². The Labute approximate surface area is 230 Å². The lowest BCUT2D eigenvalue weighted by Crippen LogP contribution is -2.63. The number of carbonyl (C=O) groups is 2. The van der Waals surface area contributed by atoms with E-state index in [0.717, 1.165) is 11.3 Å². The number of halogens is 1. The highest BCUT2D eigenvalue weighted by molar-refractivity contribution is 14.1. The molecule has 0 saturated carbocycles. The van der Waals surface area contributed by atoms with Gasteiger partial charge in [-0.3, -0.25) is 9.78 Å².